The third kappa shape index (κ3) is 5.34. The Morgan fingerprint density at radius 2 is 2.04 bits per heavy atom. The number of carbonyl (C=O) groups is 2. The molecular formula is C15H23N3O5. The largest absolute Gasteiger partial charge is 0.468 e. The minimum atomic E-state index is -0.665. The normalized spacial score (nSPS) is 16.7. The van der Waals surface area contributed by atoms with E-state index in [2.05, 4.69) is 15.5 Å². The summed E-state index contributed by atoms with van der Waals surface area (Å²) in [6, 6.07) is 3.55. The third-order valence-electron chi connectivity index (χ3n) is 3.61. The molecule has 0 aromatic carbocycles. The molecule has 2 amide bonds. The molecule has 1 aromatic rings. The summed E-state index contributed by atoms with van der Waals surface area (Å²) in [6.45, 7) is 3.74. The summed E-state index contributed by atoms with van der Waals surface area (Å²) in [6.07, 6.45) is 1.60. The fourth-order valence-corrected chi connectivity index (χ4v) is 2.40. The predicted octanol–water partition coefficient (Wildman–Crippen LogP) is -0.468. The highest BCUT2D eigenvalue weighted by molar-refractivity contribution is 6.35. The van der Waals surface area contributed by atoms with E-state index in [0.29, 0.717) is 32.9 Å². The molecule has 0 spiro atoms. The van der Waals surface area contributed by atoms with Crippen LogP contribution in [0.1, 0.15) is 11.8 Å². The lowest BCUT2D eigenvalue weighted by molar-refractivity contribution is -0.139. The molecule has 1 aliphatic rings. The highest BCUT2D eigenvalue weighted by Gasteiger charge is 2.26. The number of hydrogen-bond donors (Lipinski definition) is 2. The topological polar surface area (TPSA) is 93.0 Å². The molecule has 1 aromatic heterocycles. The van der Waals surface area contributed by atoms with E-state index >= 15 is 0 Å². The van der Waals surface area contributed by atoms with Crippen molar-refractivity contribution in [2.45, 2.75) is 6.04 Å². The average Bonchev–Trinajstić information content (AvgIpc) is 3.10. The Balaban J connectivity index is 1.88. The maximum atomic E-state index is 11.9. The number of morpholine rings is 1. The number of nitrogens with one attached hydrogen (secondary N) is 2. The summed E-state index contributed by atoms with van der Waals surface area (Å²) in [5.41, 5.74) is 0. The van der Waals surface area contributed by atoms with Crippen LogP contribution in [-0.2, 0) is 19.1 Å². The lowest BCUT2D eigenvalue weighted by atomic mass is 10.1. The summed E-state index contributed by atoms with van der Waals surface area (Å²) < 4.78 is 15.6. The van der Waals surface area contributed by atoms with E-state index in [1.807, 2.05) is 12.1 Å². The van der Waals surface area contributed by atoms with Gasteiger partial charge in [0.15, 0.2) is 0 Å². The average molecular weight is 325 g/mol. The van der Waals surface area contributed by atoms with Crippen molar-refractivity contribution in [1.82, 2.24) is 15.5 Å². The molecule has 0 saturated carbocycles. The number of carbonyl (C=O) groups excluding carboxylic acids is 2. The van der Waals surface area contributed by atoms with Crippen LogP contribution in [0.2, 0.25) is 0 Å². The standard InChI is InChI=1S/C15H23N3O5/c1-21-8-4-16-14(19)15(20)17-11-12(13-3-2-7-23-13)18-5-9-22-10-6-18/h2-3,7,12H,4-6,8-11H2,1H3,(H,16,19)(H,17,20)/t12-/m1/s1. The molecule has 0 bridgehead atoms. The Morgan fingerprint density at radius 3 is 2.70 bits per heavy atom. The second-order valence-electron chi connectivity index (χ2n) is 5.14. The van der Waals surface area contributed by atoms with E-state index in [1.165, 1.54) is 7.11 Å². The van der Waals surface area contributed by atoms with Gasteiger partial charge in [0, 0.05) is 33.3 Å². The number of methoxy groups -OCH3 is 1. The molecule has 128 valence electrons. The zero-order chi connectivity index (χ0) is 16.5. The number of ether oxygens (including phenoxy) is 2. The Morgan fingerprint density at radius 1 is 1.30 bits per heavy atom. The van der Waals surface area contributed by atoms with Gasteiger partial charge in [-0.25, -0.2) is 0 Å². The molecule has 8 nitrogen and oxygen atoms in total. The van der Waals surface area contributed by atoms with E-state index in [-0.39, 0.29) is 6.04 Å². The summed E-state index contributed by atoms with van der Waals surface area (Å²) >= 11 is 0. The fraction of sp³-hybridized carbons (Fsp3) is 0.600. The first kappa shape index (κ1) is 17.5. The minimum Gasteiger partial charge on any atom is -0.468 e. The van der Waals surface area contributed by atoms with Gasteiger partial charge in [-0.05, 0) is 12.1 Å². The van der Waals surface area contributed by atoms with Gasteiger partial charge in [0.05, 0.1) is 32.1 Å². The van der Waals surface area contributed by atoms with E-state index in [1.54, 1.807) is 6.26 Å². The number of furan rings is 1. The van der Waals surface area contributed by atoms with E-state index in [0.717, 1.165) is 18.8 Å². The molecule has 1 aliphatic heterocycles. The van der Waals surface area contributed by atoms with Crippen molar-refractivity contribution in [3.05, 3.63) is 24.2 Å². The zero-order valence-electron chi connectivity index (χ0n) is 13.2. The Labute approximate surface area is 135 Å². The highest BCUT2D eigenvalue weighted by Crippen LogP contribution is 2.21. The van der Waals surface area contributed by atoms with Crippen LogP contribution in [0.5, 0.6) is 0 Å². The lowest BCUT2D eigenvalue weighted by Gasteiger charge is -2.33. The minimum absolute atomic E-state index is 0.121. The quantitative estimate of drug-likeness (QED) is 0.520. The van der Waals surface area contributed by atoms with Crippen molar-refractivity contribution in [3.8, 4) is 0 Å². The number of nitrogens with zero attached hydrogens (tertiary/aromatic N) is 1. The smallest absolute Gasteiger partial charge is 0.309 e. The molecule has 1 saturated heterocycles. The van der Waals surface area contributed by atoms with Crippen molar-refractivity contribution in [2.75, 3.05) is 53.1 Å². The van der Waals surface area contributed by atoms with Crippen molar-refractivity contribution in [1.29, 1.82) is 0 Å². The van der Waals surface area contributed by atoms with Crippen LogP contribution >= 0.6 is 0 Å². The van der Waals surface area contributed by atoms with Gasteiger partial charge in [-0.1, -0.05) is 0 Å². The maximum Gasteiger partial charge on any atom is 0.309 e. The van der Waals surface area contributed by atoms with Crippen LogP contribution in [0, 0.1) is 0 Å². The molecule has 2 heterocycles. The molecule has 1 atom stereocenters. The Kier molecular flexibility index (Phi) is 7.05. The molecule has 2 rings (SSSR count). The van der Waals surface area contributed by atoms with E-state index in [4.69, 9.17) is 13.9 Å². The van der Waals surface area contributed by atoms with Crippen molar-refractivity contribution < 1.29 is 23.5 Å². The van der Waals surface area contributed by atoms with Gasteiger partial charge in [-0.2, -0.15) is 0 Å². The summed E-state index contributed by atoms with van der Waals surface area (Å²) in [7, 11) is 1.53. The second kappa shape index (κ2) is 9.29. The zero-order valence-corrected chi connectivity index (χ0v) is 13.2. The number of rotatable bonds is 7. The summed E-state index contributed by atoms with van der Waals surface area (Å²) in [4.78, 5) is 25.7. The molecule has 23 heavy (non-hydrogen) atoms. The van der Waals surface area contributed by atoms with Crippen molar-refractivity contribution in [2.24, 2.45) is 0 Å². The number of hydrogen-bond acceptors (Lipinski definition) is 6. The van der Waals surface area contributed by atoms with Gasteiger partial charge in [-0.3, -0.25) is 14.5 Å². The molecule has 0 aliphatic carbocycles. The first-order valence-corrected chi connectivity index (χ1v) is 7.62. The van der Waals surface area contributed by atoms with Crippen LogP contribution in [-0.4, -0.2) is 69.8 Å². The monoisotopic (exact) mass is 325 g/mol. The van der Waals surface area contributed by atoms with Crippen LogP contribution in [0.15, 0.2) is 22.8 Å². The van der Waals surface area contributed by atoms with Gasteiger partial charge in [0.2, 0.25) is 0 Å². The van der Waals surface area contributed by atoms with Crippen LogP contribution < -0.4 is 10.6 Å². The Hall–Kier alpha value is -1.90. The van der Waals surface area contributed by atoms with E-state index < -0.39 is 11.8 Å². The predicted molar refractivity (Wildman–Crippen MR) is 81.7 cm³/mol. The first-order valence-electron chi connectivity index (χ1n) is 7.62. The van der Waals surface area contributed by atoms with Crippen LogP contribution in [0.4, 0.5) is 0 Å². The van der Waals surface area contributed by atoms with Gasteiger partial charge in [0.1, 0.15) is 5.76 Å². The molecule has 0 radical (unpaired) electrons. The molecule has 0 unspecified atom stereocenters. The maximum absolute atomic E-state index is 11.9. The SMILES string of the molecule is COCCNC(=O)C(=O)NC[C@H](c1ccco1)N1CCOCC1. The molecule has 1 fully saturated rings. The van der Waals surface area contributed by atoms with Gasteiger partial charge in [-0.15, -0.1) is 0 Å². The summed E-state index contributed by atoms with van der Waals surface area (Å²) in [5.74, 6) is -0.569. The fourth-order valence-electron chi connectivity index (χ4n) is 2.40. The third-order valence-corrected chi connectivity index (χ3v) is 3.61. The lowest BCUT2D eigenvalue weighted by Crippen LogP contribution is -2.47. The van der Waals surface area contributed by atoms with Crippen molar-refractivity contribution in [3.63, 3.8) is 0 Å². The molecule has 2 N–H and O–H groups in total. The van der Waals surface area contributed by atoms with Gasteiger partial charge < -0.3 is 24.5 Å². The highest BCUT2D eigenvalue weighted by atomic mass is 16.5. The van der Waals surface area contributed by atoms with E-state index in [9.17, 15) is 9.59 Å². The number of amides is 2. The first-order chi connectivity index (χ1) is 11.2. The molecule has 8 heteroatoms. The second-order valence-corrected chi connectivity index (χ2v) is 5.14. The Bertz CT molecular complexity index is 485. The summed E-state index contributed by atoms with van der Waals surface area (Å²) in [5, 5.41) is 5.15. The van der Waals surface area contributed by atoms with Crippen LogP contribution in [0.25, 0.3) is 0 Å². The van der Waals surface area contributed by atoms with Crippen LogP contribution in [0.3, 0.4) is 0 Å². The van der Waals surface area contributed by atoms with Gasteiger partial charge in [0.25, 0.3) is 0 Å². The molecular weight excluding hydrogens is 302 g/mol. The van der Waals surface area contributed by atoms with Crippen molar-refractivity contribution >= 4 is 11.8 Å². The van der Waals surface area contributed by atoms with Gasteiger partial charge >= 0.3 is 11.8 Å².